The number of carbonyl (C=O) groups excluding carboxylic acids is 1. The van der Waals surface area contributed by atoms with Gasteiger partial charge in [0.15, 0.2) is 0 Å². The minimum atomic E-state index is -6.05. The smallest absolute Gasteiger partial charge is 0.461 e. The van der Waals surface area contributed by atoms with Gasteiger partial charge in [0.1, 0.15) is 5.76 Å². The van der Waals surface area contributed by atoms with Crippen molar-refractivity contribution in [3.8, 4) is 0 Å². The summed E-state index contributed by atoms with van der Waals surface area (Å²) in [6.45, 7) is 0. The number of benzene rings is 1. The van der Waals surface area contributed by atoms with E-state index in [2.05, 4.69) is 0 Å². The van der Waals surface area contributed by atoms with Crippen molar-refractivity contribution in [2.45, 2.75) is 12.1 Å². The Bertz CT molecular complexity index is 546. The summed E-state index contributed by atoms with van der Waals surface area (Å²) >= 11 is 11.1. The first-order valence-corrected chi connectivity index (χ1v) is 5.57. The molecule has 0 bridgehead atoms. The molecule has 1 rings (SSSR count). The molecule has 1 N–H and O–H groups in total. The third-order valence-corrected chi connectivity index (χ3v) is 2.53. The highest BCUT2D eigenvalue weighted by Crippen LogP contribution is 2.37. The Balaban J connectivity index is 3.14. The van der Waals surface area contributed by atoms with Gasteiger partial charge in [0.25, 0.3) is 0 Å². The van der Waals surface area contributed by atoms with E-state index >= 15 is 0 Å². The number of carbonyl (C=O) groups is 1. The molecule has 110 valence electrons. The number of alkyl halides is 5. The molecule has 0 atom stereocenters. The topological polar surface area (TPSA) is 37.3 Å². The molecule has 0 aliphatic carbocycles. The zero-order valence-corrected chi connectivity index (χ0v) is 10.8. The highest BCUT2D eigenvalue weighted by Gasteiger charge is 2.62. The lowest BCUT2D eigenvalue weighted by Crippen LogP contribution is -2.43. The Morgan fingerprint density at radius 3 is 1.90 bits per heavy atom. The standard InChI is InChI=1S/C11H5Cl2F5O2/c12-6-1-5(2-7(13)3-6)8(19)4-9(20)10(14,15)11(16,17)18/h1-4,19H/b8-4-. The first-order chi connectivity index (χ1) is 8.95. The largest absolute Gasteiger partial charge is 0.507 e. The van der Waals surface area contributed by atoms with Crippen LogP contribution in [0.1, 0.15) is 5.56 Å². The van der Waals surface area contributed by atoms with Crippen molar-refractivity contribution in [2.24, 2.45) is 0 Å². The second-order valence-corrected chi connectivity index (χ2v) is 4.50. The third-order valence-electron chi connectivity index (χ3n) is 2.09. The van der Waals surface area contributed by atoms with Gasteiger partial charge in [0.05, 0.1) is 0 Å². The van der Waals surface area contributed by atoms with E-state index in [0.717, 1.165) is 12.1 Å². The second kappa shape index (κ2) is 5.57. The van der Waals surface area contributed by atoms with Crippen LogP contribution >= 0.6 is 23.2 Å². The summed E-state index contributed by atoms with van der Waals surface area (Å²) in [5.74, 6) is -9.30. The molecule has 0 radical (unpaired) electrons. The third kappa shape index (κ3) is 3.61. The lowest BCUT2D eigenvalue weighted by Gasteiger charge is -2.16. The van der Waals surface area contributed by atoms with Crippen LogP contribution < -0.4 is 0 Å². The van der Waals surface area contributed by atoms with Crippen LogP contribution in [0.25, 0.3) is 5.76 Å². The Morgan fingerprint density at radius 2 is 1.50 bits per heavy atom. The molecule has 0 amide bonds. The summed E-state index contributed by atoms with van der Waals surface area (Å²) in [5.41, 5.74) is -0.270. The van der Waals surface area contributed by atoms with Crippen LogP contribution in [0.3, 0.4) is 0 Å². The van der Waals surface area contributed by atoms with Crippen molar-refractivity contribution in [3.05, 3.63) is 39.9 Å². The van der Waals surface area contributed by atoms with Crippen LogP contribution in [-0.4, -0.2) is 23.0 Å². The molecule has 1 aromatic rings. The van der Waals surface area contributed by atoms with E-state index in [4.69, 9.17) is 23.2 Å². The van der Waals surface area contributed by atoms with E-state index in [9.17, 15) is 31.9 Å². The van der Waals surface area contributed by atoms with E-state index in [1.807, 2.05) is 0 Å². The summed E-state index contributed by atoms with van der Waals surface area (Å²) in [6, 6.07) is 3.32. The van der Waals surface area contributed by atoms with Gasteiger partial charge in [-0.25, -0.2) is 0 Å². The number of allylic oxidation sites excluding steroid dienone is 1. The maximum Gasteiger partial charge on any atom is 0.461 e. The predicted molar refractivity (Wildman–Crippen MR) is 63.1 cm³/mol. The zero-order chi connectivity index (χ0) is 15.7. The summed E-state index contributed by atoms with van der Waals surface area (Å²) < 4.78 is 61.2. The lowest BCUT2D eigenvalue weighted by molar-refractivity contribution is -0.266. The van der Waals surface area contributed by atoms with Crippen LogP contribution in [0.5, 0.6) is 0 Å². The Morgan fingerprint density at radius 1 is 1.05 bits per heavy atom. The van der Waals surface area contributed by atoms with E-state index in [1.54, 1.807) is 0 Å². The van der Waals surface area contributed by atoms with Gasteiger partial charge in [-0.2, -0.15) is 22.0 Å². The number of halogens is 7. The molecule has 1 aromatic carbocycles. The molecule has 0 aliphatic rings. The monoisotopic (exact) mass is 334 g/mol. The van der Waals surface area contributed by atoms with Gasteiger partial charge in [-0.1, -0.05) is 23.2 Å². The number of ketones is 1. The maximum atomic E-state index is 12.7. The van der Waals surface area contributed by atoms with Gasteiger partial charge in [-0.15, -0.1) is 0 Å². The van der Waals surface area contributed by atoms with Crippen molar-refractivity contribution in [1.82, 2.24) is 0 Å². The van der Waals surface area contributed by atoms with Gasteiger partial charge in [-0.3, -0.25) is 4.79 Å². The van der Waals surface area contributed by atoms with Crippen LogP contribution in [0.4, 0.5) is 22.0 Å². The lowest BCUT2D eigenvalue weighted by atomic mass is 10.1. The van der Waals surface area contributed by atoms with Crippen molar-refractivity contribution in [2.75, 3.05) is 0 Å². The second-order valence-electron chi connectivity index (χ2n) is 3.62. The molecule has 0 spiro atoms. The quantitative estimate of drug-likeness (QED) is 0.496. The molecular weight excluding hydrogens is 330 g/mol. The molecule has 0 saturated heterocycles. The van der Waals surface area contributed by atoms with Gasteiger partial charge in [-0.05, 0) is 18.2 Å². The Labute approximate surface area is 119 Å². The number of rotatable bonds is 3. The Kier molecular flexibility index (Phi) is 4.66. The van der Waals surface area contributed by atoms with Gasteiger partial charge < -0.3 is 5.11 Å². The molecule has 0 aliphatic heterocycles. The fourth-order valence-electron chi connectivity index (χ4n) is 1.14. The number of aliphatic hydroxyl groups excluding tert-OH is 1. The number of hydrogen-bond donors (Lipinski definition) is 1. The van der Waals surface area contributed by atoms with Crippen molar-refractivity contribution >= 4 is 34.7 Å². The maximum absolute atomic E-state index is 12.7. The average molecular weight is 335 g/mol. The predicted octanol–water partition coefficient (Wildman–Crippen LogP) is 4.66. The highest BCUT2D eigenvalue weighted by molar-refractivity contribution is 6.34. The summed E-state index contributed by atoms with van der Waals surface area (Å²) in [6.07, 6.45) is -6.28. The first kappa shape index (κ1) is 16.7. The van der Waals surface area contributed by atoms with Gasteiger partial charge in [0.2, 0.25) is 5.78 Å². The zero-order valence-electron chi connectivity index (χ0n) is 9.31. The average Bonchev–Trinajstić information content (AvgIpc) is 2.25. The molecule has 0 unspecified atom stereocenters. The highest BCUT2D eigenvalue weighted by atomic mass is 35.5. The molecule has 2 nitrogen and oxygen atoms in total. The normalized spacial score (nSPS) is 13.4. The fraction of sp³-hybridized carbons (Fsp3) is 0.182. The van der Waals surface area contributed by atoms with Crippen LogP contribution in [0.2, 0.25) is 10.0 Å². The van der Waals surface area contributed by atoms with E-state index < -0.39 is 23.6 Å². The molecule has 0 aromatic heterocycles. The number of aliphatic hydroxyl groups is 1. The van der Waals surface area contributed by atoms with Crippen LogP contribution in [0, 0.1) is 0 Å². The molecule has 9 heteroatoms. The summed E-state index contributed by atoms with van der Waals surface area (Å²) in [7, 11) is 0. The molecule has 0 fully saturated rings. The van der Waals surface area contributed by atoms with E-state index in [1.165, 1.54) is 6.07 Å². The summed E-state index contributed by atoms with van der Waals surface area (Å²) in [4.78, 5) is 10.9. The SMILES string of the molecule is O=C(/C=C(\O)c1cc(Cl)cc(Cl)c1)C(F)(F)C(F)(F)F. The fourth-order valence-corrected chi connectivity index (χ4v) is 1.67. The molecule has 0 heterocycles. The Hall–Kier alpha value is -1.34. The van der Waals surface area contributed by atoms with Crippen LogP contribution in [0.15, 0.2) is 24.3 Å². The molecule has 20 heavy (non-hydrogen) atoms. The van der Waals surface area contributed by atoms with Crippen molar-refractivity contribution < 1.29 is 31.9 Å². The van der Waals surface area contributed by atoms with Gasteiger partial charge >= 0.3 is 12.1 Å². The number of hydrogen-bond acceptors (Lipinski definition) is 2. The van der Waals surface area contributed by atoms with Crippen molar-refractivity contribution in [1.29, 1.82) is 0 Å². The van der Waals surface area contributed by atoms with E-state index in [-0.39, 0.29) is 21.7 Å². The minimum Gasteiger partial charge on any atom is -0.507 e. The molecular formula is C11H5Cl2F5O2. The van der Waals surface area contributed by atoms with Gasteiger partial charge in [0, 0.05) is 21.7 Å². The first-order valence-electron chi connectivity index (χ1n) is 4.81. The van der Waals surface area contributed by atoms with Crippen molar-refractivity contribution in [3.63, 3.8) is 0 Å². The van der Waals surface area contributed by atoms with E-state index in [0.29, 0.717) is 0 Å². The summed E-state index contributed by atoms with van der Waals surface area (Å²) in [5, 5.41) is 9.40. The minimum absolute atomic E-state index is 0.00230. The molecule has 0 saturated carbocycles. The van der Waals surface area contributed by atoms with Crippen LogP contribution in [-0.2, 0) is 4.79 Å².